The number of benzene rings is 1. The van der Waals surface area contributed by atoms with E-state index in [2.05, 4.69) is 52.9 Å². The highest BCUT2D eigenvalue weighted by molar-refractivity contribution is 7.17. The van der Waals surface area contributed by atoms with Crippen LogP contribution in [0.3, 0.4) is 0 Å². The lowest BCUT2D eigenvalue weighted by molar-refractivity contribution is 0.103. The Morgan fingerprint density at radius 3 is 2.41 bits per heavy atom. The van der Waals surface area contributed by atoms with Gasteiger partial charge in [-0.25, -0.2) is 4.98 Å². The lowest BCUT2D eigenvalue weighted by Gasteiger charge is -2.12. The van der Waals surface area contributed by atoms with Gasteiger partial charge in [0.2, 0.25) is 11.9 Å². The van der Waals surface area contributed by atoms with Gasteiger partial charge in [0.1, 0.15) is 10.7 Å². The van der Waals surface area contributed by atoms with Gasteiger partial charge in [0, 0.05) is 25.2 Å². The number of rotatable bonds is 9. The maximum absolute atomic E-state index is 12.8. The summed E-state index contributed by atoms with van der Waals surface area (Å²) in [6, 6.07) is 4.11. The van der Waals surface area contributed by atoms with Gasteiger partial charge in [-0.1, -0.05) is 36.0 Å². The van der Waals surface area contributed by atoms with Crippen molar-refractivity contribution in [1.29, 1.82) is 0 Å². The number of hydrogen-bond donors (Lipinski definition) is 3. The molecular weight excluding hydrogens is 424 g/mol. The molecule has 1 aromatic carbocycles. The van der Waals surface area contributed by atoms with Crippen LogP contribution in [0.5, 0.6) is 0 Å². The number of thiazole rings is 1. The number of carbonyl (C=O) groups excluding carboxylic acids is 1. The first-order chi connectivity index (χ1) is 15.2. The molecular formula is C22H30N8OS. The molecule has 0 aliphatic heterocycles. The second kappa shape index (κ2) is 10.5. The van der Waals surface area contributed by atoms with E-state index in [-0.39, 0.29) is 5.91 Å². The molecule has 0 saturated heterocycles. The maximum atomic E-state index is 12.8. The average Bonchev–Trinajstić information content (AvgIpc) is 3.18. The minimum atomic E-state index is -0.193. The fourth-order valence-electron chi connectivity index (χ4n) is 3.19. The Bertz CT molecular complexity index is 1070. The molecule has 0 aliphatic carbocycles. The Labute approximate surface area is 192 Å². The minimum absolute atomic E-state index is 0.193. The molecule has 0 saturated carbocycles. The summed E-state index contributed by atoms with van der Waals surface area (Å²) in [6.45, 7) is 9.60. The van der Waals surface area contributed by atoms with Crippen molar-refractivity contribution in [3.63, 3.8) is 0 Å². The zero-order valence-corrected chi connectivity index (χ0v) is 20.2. The first-order valence-electron chi connectivity index (χ1n) is 10.5. The third-order valence-electron chi connectivity index (χ3n) is 4.70. The van der Waals surface area contributed by atoms with E-state index in [0.717, 1.165) is 29.9 Å². The van der Waals surface area contributed by atoms with E-state index in [9.17, 15) is 4.79 Å². The number of nitrogens with zero attached hydrogens (tertiary/aromatic N) is 5. The van der Waals surface area contributed by atoms with Crippen molar-refractivity contribution in [3.05, 3.63) is 45.7 Å². The van der Waals surface area contributed by atoms with Crippen molar-refractivity contribution in [2.24, 2.45) is 0 Å². The number of aryl methyl sites for hydroxylation is 4. The number of aromatic nitrogens is 4. The molecule has 0 spiro atoms. The number of hydrogen-bond acceptors (Lipinski definition) is 9. The highest BCUT2D eigenvalue weighted by atomic mass is 32.1. The number of amides is 1. The molecule has 170 valence electrons. The summed E-state index contributed by atoms with van der Waals surface area (Å²) >= 11 is 1.25. The van der Waals surface area contributed by atoms with Gasteiger partial charge in [0.05, 0.1) is 6.20 Å². The van der Waals surface area contributed by atoms with E-state index < -0.39 is 0 Å². The third-order valence-corrected chi connectivity index (χ3v) is 5.62. The average molecular weight is 455 g/mol. The topological polar surface area (TPSA) is 108 Å². The minimum Gasteiger partial charge on any atom is -0.353 e. The highest BCUT2D eigenvalue weighted by Gasteiger charge is 2.15. The van der Waals surface area contributed by atoms with Crippen molar-refractivity contribution in [2.75, 3.05) is 43.1 Å². The SMILES string of the molecule is CCc1nc(NCCN(C)C)nc(Nc2ncc(C(=O)Nc3c(C)cc(C)cc3C)s2)n1. The van der Waals surface area contributed by atoms with Crippen LogP contribution < -0.4 is 16.0 Å². The number of anilines is 4. The molecule has 2 heterocycles. The lowest BCUT2D eigenvalue weighted by atomic mass is 10.1. The fourth-order valence-corrected chi connectivity index (χ4v) is 3.89. The number of nitrogens with one attached hydrogen (secondary N) is 3. The summed E-state index contributed by atoms with van der Waals surface area (Å²) in [4.78, 5) is 33.0. The van der Waals surface area contributed by atoms with Gasteiger partial charge in [-0.15, -0.1) is 0 Å². The Morgan fingerprint density at radius 1 is 1.06 bits per heavy atom. The van der Waals surface area contributed by atoms with Gasteiger partial charge in [-0.3, -0.25) is 10.1 Å². The van der Waals surface area contributed by atoms with E-state index >= 15 is 0 Å². The van der Waals surface area contributed by atoms with E-state index in [1.165, 1.54) is 16.9 Å². The van der Waals surface area contributed by atoms with Crippen LogP contribution in [0.2, 0.25) is 0 Å². The van der Waals surface area contributed by atoms with Gasteiger partial charge >= 0.3 is 0 Å². The molecule has 0 radical (unpaired) electrons. The van der Waals surface area contributed by atoms with Crippen LogP contribution in [0.4, 0.5) is 22.7 Å². The molecule has 32 heavy (non-hydrogen) atoms. The zero-order valence-electron chi connectivity index (χ0n) is 19.4. The monoisotopic (exact) mass is 454 g/mol. The second-order valence-electron chi connectivity index (χ2n) is 7.86. The van der Waals surface area contributed by atoms with Gasteiger partial charge in [-0.05, 0) is 46.0 Å². The standard InChI is InChI=1S/C22H30N8OS/c1-7-17-25-20(23-8-9-30(5)6)28-21(26-17)29-22-24-12-16(32-22)19(31)27-18-14(3)10-13(2)11-15(18)4/h10-12H,7-9H2,1-6H3,(H,27,31)(H2,23,24,25,26,28,29). The molecule has 0 fully saturated rings. The van der Waals surface area contributed by atoms with Crippen molar-refractivity contribution in [2.45, 2.75) is 34.1 Å². The van der Waals surface area contributed by atoms with Gasteiger partial charge in [0.25, 0.3) is 5.91 Å². The van der Waals surface area contributed by atoms with Crippen molar-refractivity contribution in [1.82, 2.24) is 24.8 Å². The van der Waals surface area contributed by atoms with Gasteiger partial charge < -0.3 is 15.5 Å². The van der Waals surface area contributed by atoms with E-state index in [4.69, 9.17) is 0 Å². The number of carbonyl (C=O) groups is 1. The summed E-state index contributed by atoms with van der Waals surface area (Å²) in [6.07, 6.45) is 2.24. The largest absolute Gasteiger partial charge is 0.353 e. The van der Waals surface area contributed by atoms with Crippen LogP contribution in [0.1, 0.15) is 39.1 Å². The summed E-state index contributed by atoms with van der Waals surface area (Å²) in [5.41, 5.74) is 4.07. The molecule has 0 unspecified atom stereocenters. The van der Waals surface area contributed by atoms with Crippen molar-refractivity contribution in [3.8, 4) is 0 Å². The number of likely N-dealkylation sites (N-methyl/N-ethyl adjacent to an activating group) is 1. The van der Waals surface area contributed by atoms with Crippen molar-refractivity contribution >= 4 is 40.0 Å². The van der Waals surface area contributed by atoms with Crippen LogP contribution in [0.15, 0.2) is 18.3 Å². The molecule has 2 aromatic heterocycles. The normalized spacial score (nSPS) is 11.0. The van der Waals surface area contributed by atoms with Crippen LogP contribution >= 0.6 is 11.3 Å². The van der Waals surface area contributed by atoms with E-state index in [0.29, 0.717) is 34.2 Å². The Morgan fingerprint density at radius 2 is 1.75 bits per heavy atom. The molecule has 0 aliphatic rings. The molecule has 3 aromatic rings. The van der Waals surface area contributed by atoms with Crippen LogP contribution in [0, 0.1) is 20.8 Å². The third kappa shape index (κ3) is 6.21. The molecule has 1 amide bonds. The van der Waals surface area contributed by atoms with Crippen molar-refractivity contribution < 1.29 is 4.79 Å². The molecule has 10 heteroatoms. The molecule has 0 bridgehead atoms. The smallest absolute Gasteiger partial charge is 0.267 e. The lowest BCUT2D eigenvalue weighted by Crippen LogP contribution is -2.22. The second-order valence-corrected chi connectivity index (χ2v) is 8.90. The summed E-state index contributed by atoms with van der Waals surface area (Å²) < 4.78 is 0. The molecule has 3 rings (SSSR count). The Balaban J connectivity index is 1.71. The van der Waals surface area contributed by atoms with E-state index in [1.54, 1.807) is 6.20 Å². The zero-order chi connectivity index (χ0) is 23.3. The predicted molar refractivity (Wildman–Crippen MR) is 130 cm³/mol. The van der Waals surface area contributed by atoms with E-state index in [1.807, 2.05) is 41.8 Å². The van der Waals surface area contributed by atoms with Gasteiger partial charge in [0.15, 0.2) is 5.13 Å². The quantitative estimate of drug-likeness (QED) is 0.448. The molecule has 0 atom stereocenters. The highest BCUT2D eigenvalue weighted by Crippen LogP contribution is 2.25. The predicted octanol–water partition coefficient (Wildman–Crippen LogP) is 3.79. The Hall–Kier alpha value is -3.11. The molecule has 9 nitrogen and oxygen atoms in total. The van der Waals surface area contributed by atoms with Crippen LogP contribution in [0.25, 0.3) is 0 Å². The summed E-state index contributed by atoms with van der Waals surface area (Å²) in [7, 11) is 4.02. The first kappa shape index (κ1) is 23.6. The van der Waals surface area contributed by atoms with Crippen LogP contribution in [-0.2, 0) is 6.42 Å². The fraction of sp³-hybridized carbons (Fsp3) is 0.409. The first-order valence-corrected chi connectivity index (χ1v) is 11.3. The molecule has 3 N–H and O–H groups in total. The van der Waals surface area contributed by atoms with Crippen LogP contribution in [-0.4, -0.2) is 57.9 Å². The Kier molecular flexibility index (Phi) is 7.70. The summed E-state index contributed by atoms with van der Waals surface area (Å²) in [5.74, 6) is 1.40. The van der Waals surface area contributed by atoms with Gasteiger partial charge in [-0.2, -0.15) is 15.0 Å². The summed E-state index contributed by atoms with van der Waals surface area (Å²) in [5, 5.41) is 9.87. The maximum Gasteiger partial charge on any atom is 0.267 e.